The van der Waals surface area contributed by atoms with Gasteiger partial charge in [-0.15, -0.1) is 0 Å². The maximum absolute atomic E-state index is 11.6. The molecule has 106 valence electrons. The van der Waals surface area contributed by atoms with Crippen molar-refractivity contribution in [2.45, 2.75) is 19.9 Å². The van der Waals surface area contributed by atoms with Gasteiger partial charge in [0.25, 0.3) is 5.91 Å². The van der Waals surface area contributed by atoms with Gasteiger partial charge in [0.2, 0.25) is 0 Å². The smallest absolute Gasteiger partial charge is 0.251 e. The number of rotatable bonds is 4. The topological polar surface area (TPSA) is 80.3 Å². The van der Waals surface area contributed by atoms with Crippen LogP contribution in [0.25, 0.3) is 0 Å². The highest BCUT2D eigenvalue weighted by molar-refractivity contribution is 5.96. The van der Waals surface area contributed by atoms with Crippen LogP contribution in [0, 0.1) is 6.92 Å². The lowest BCUT2D eigenvalue weighted by Crippen LogP contribution is -2.18. The zero-order valence-electron chi connectivity index (χ0n) is 11.9. The van der Waals surface area contributed by atoms with Crippen LogP contribution in [0.2, 0.25) is 0 Å². The summed E-state index contributed by atoms with van der Waals surface area (Å²) < 4.78 is 5.57. The van der Waals surface area contributed by atoms with Crippen molar-refractivity contribution in [3.8, 4) is 0 Å². The maximum atomic E-state index is 11.6. The zero-order chi connectivity index (χ0) is 14.7. The molecule has 1 heterocycles. The minimum absolute atomic E-state index is 0.0362. The normalized spacial score (nSPS) is 11.9. The molecule has 5 heteroatoms. The third-order valence-corrected chi connectivity index (χ3v) is 3.10. The van der Waals surface area contributed by atoms with E-state index >= 15 is 0 Å². The Morgan fingerprint density at radius 2 is 2.05 bits per heavy atom. The Balaban J connectivity index is 2.22. The largest absolute Gasteiger partial charge is 0.464 e. The molecule has 2 aromatic rings. The van der Waals surface area contributed by atoms with E-state index in [1.165, 1.54) is 0 Å². The molecule has 1 atom stereocenters. The summed E-state index contributed by atoms with van der Waals surface area (Å²) in [6.45, 7) is 3.88. The fraction of sp³-hybridized carbons (Fsp3) is 0.267. The van der Waals surface area contributed by atoms with Crippen molar-refractivity contribution < 1.29 is 9.21 Å². The number of nitrogens with one attached hydrogen (secondary N) is 2. The molecule has 20 heavy (non-hydrogen) atoms. The Morgan fingerprint density at radius 3 is 2.65 bits per heavy atom. The van der Waals surface area contributed by atoms with E-state index in [-0.39, 0.29) is 11.9 Å². The molecule has 0 bridgehead atoms. The number of furan rings is 1. The van der Waals surface area contributed by atoms with E-state index in [0.717, 1.165) is 11.5 Å². The number of carbonyl (C=O) groups excluding carboxylic acids is 1. The third kappa shape index (κ3) is 2.93. The number of hydrogen-bond acceptors (Lipinski definition) is 4. The minimum atomic E-state index is -0.144. The maximum Gasteiger partial charge on any atom is 0.251 e. The Labute approximate surface area is 118 Å². The Hall–Kier alpha value is -2.43. The first-order chi connectivity index (χ1) is 9.51. The standard InChI is InChI=1S/C15H19N3O2/c1-9-4-7-14(20-9)10(2)18-13-8-11(15(19)17-3)5-6-12(13)16/h4-8,10,18H,16H2,1-3H3,(H,17,19). The van der Waals surface area contributed by atoms with E-state index in [2.05, 4.69) is 10.6 Å². The number of benzene rings is 1. The highest BCUT2D eigenvalue weighted by atomic mass is 16.3. The second kappa shape index (κ2) is 5.69. The Kier molecular flexibility index (Phi) is 3.98. The van der Waals surface area contributed by atoms with E-state index in [1.807, 2.05) is 26.0 Å². The van der Waals surface area contributed by atoms with Gasteiger partial charge in [0.05, 0.1) is 17.4 Å². The summed E-state index contributed by atoms with van der Waals surface area (Å²) >= 11 is 0. The molecule has 0 radical (unpaired) electrons. The van der Waals surface area contributed by atoms with Crippen LogP contribution in [-0.2, 0) is 0 Å². The van der Waals surface area contributed by atoms with Crippen molar-refractivity contribution in [3.63, 3.8) is 0 Å². The van der Waals surface area contributed by atoms with Crippen molar-refractivity contribution in [2.75, 3.05) is 18.1 Å². The number of carbonyl (C=O) groups is 1. The van der Waals surface area contributed by atoms with Crippen LogP contribution in [0.3, 0.4) is 0 Å². The average Bonchev–Trinajstić information content (AvgIpc) is 2.87. The van der Waals surface area contributed by atoms with Gasteiger partial charge in [-0.05, 0) is 44.2 Å². The number of anilines is 2. The number of hydrogen-bond donors (Lipinski definition) is 3. The predicted octanol–water partition coefficient (Wildman–Crippen LogP) is 2.70. The SMILES string of the molecule is CNC(=O)c1ccc(N)c(NC(C)c2ccc(C)o2)c1. The molecule has 4 N–H and O–H groups in total. The lowest BCUT2D eigenvalue weighted by Gasteiger charge is -2.15. The van der Waals surface area contributed by atoms with Crippen molar-refractivity contribution in [2.24, 2.45) is 0 Å². The molecular formula is C15H19N3O2. The van der Waals surface area contributed by atoms with Gasteiger partial charge in [0.1, 0.15) is 11.5 Å². The quantitative estimate of drug-likeness (QED) is 0.748. The summed E-state index contributed by atoms with van der Waals surface area (Å²) in [4.78, 5) is 11.6. The minimum Gasteiger partial charge on any atom is -0.464 e. The molecule has 0 saturated heterocycles. The van der Waals surface area contributed by atoms with E-state index in [0.29, 0.717) is 16.9 Å². The van der Waals surface area contributed by atoms with Crippen LogP contribution >= 0.6 is 0 Å². The van der Waals surface area contributed by atoms with Crippen LogP contribution in [0.5, 0.6) is 0 Å². The molecule has 0 aliphatic carbocycles. The first kappa shape index (κ1) is 14.0. The molecule has 0 aliphatic rings. The van der Waals surface area contributed by atoms with Gasteiger partial charge in [-0.25, -0.2) is 0 Å². The lowest BCUT2D eigenvalue weighted by molar-refractivity contribution is 0.0963. The summed E-state index contributed by atoms with van der Waals surface area (Å²) in [5.74, 6) is 1.54. The fourth-order valence-electron chi connectivity index (χ4n) is 1.96. The van der Waals surface area contributed by atoms with Gasteiger partial charge < -0.3 is 20.8 Å². The summed E-state index contributed by atoms with van der Waals surface area (Å²) in [6, 6.07) is 8.95. The molecule has 1 aromatic heterocycles. The first-order valence-electron chi connectivity index (χ1n) is 6.45. The second-order valence-electron chi connectivity index (χ2n) is 4.70. The monoisotopic (exact) mass is 273 g/mol. The summed E-state index contributed by atoms with van der Waals surface area (Å²) in [6.07, 6.45) is 0. The van der Waals surface area contributed by atoms with Crippen LogP contribution < -0.4 is 16.4 Å². The summed E-state index contributed by atoms with van der Waals surface area (Å²) in [5.41, 5.74) is 7.81. The van der Waals surface area contributed by atoms with E-state index < -0.39 is 0 Å². The van der Waals surface area contributed by atoms with Crippen molar-refractivity contribution in [1.29, 1.82) is 0 Å². The molecule has 2 rings (SSSR count). The number of nitrogens with two attached hydrogens (primary N) is 1. The molecule has 0 fully saturated rings. The lowest BCUT2D eigenvalue weighted by atomic mass is 10.1. The van der Waals surface area contributed by atoms with Gasteiger partial charge in [0, 0.05) is 12.6 Å². The number of aryl methyl sites for hydroxylation is 1. The molecule has 0 aliphatic heterocycles. The first-order valence-corrected chi connectivity index (χ1v) is 6.45. The molecule has 0 spiro atoms. The van der Waals surface area contributed by atoms with E-state index in [9.17, 15) is 4.79 Å². The number of nitrogen functional groups attached to an aromatic ring is 1. The molecule has 1 aromatic carbocycles. The fourth-order valence-corrected chi connectivity index (χ4v) is 1.96. The Bertz CT molecular complexity index is 619. The predicted molar refractivity (Wildman–Crippen MR) is 79.7 cm³/mol. The van der Waals surface area contributed by atoms with E-state index in [4.69, 9.17) is 10.2 Å². The van der Waals surface area contributed by atoms with Gasteiger partial charge in [-0.1, -0.05) is 0 Å². The second-order valence-corrected chi connectivity index (χ2v) is 4.70. The number of amides is 1. The van der Waals surface area contributed by atoms with Gasteiger partial charge >= 0.3 is 0 Å². The third-order valence-electron chi connectivity index (χ3n) is 3.10. The van der Waals surface area contributed by atoms with Gasteiger partial charge in [-0.3, -0.25) is 4.79 Å². The highest BCUT2D eigenvalue weighted by Gasteiger charge is 2.12. The van der Waals surface area contributed by atoms with Crippen molar-refractivity contribution >= 4 is 17.3 Å². The molecule has 1 amide bonds. The molecule has 5 nitrogen and oxygen atoms in total. The Morgan fingerprint density at radius 1 is 1.30 bits per heavy atom. The van der Waals surface area contributed by atoms with E-state index in [1.54, 1.807) is 25.2 Å². The van der Waals surface area contributed by atoms with Crippen molar-refractivity contribution in [3.05, 3.63) is 47.4 Å². The molecular weight excluding hydrogens is 254 g/mol. The van der Waals surface area contributed by atoms with Gasteiger partial charge in [-0.2, -0.15) is 0 Å². The van der Waals surface area contributed by atoms with Crippen molar-refractivity contribution in [1.82, 2.24) is 5.32 Å². The average molecular weight is 273 g/mol. The van der Waals surface area contributed by atoms with Crippen LogP contribution in [-0.4, -0.2) is 13.0 Å². The highest BCUT2D eigenvalue weighted by Crippen LogP contribution is 2.26. The van der Waals surface area contributed by atoms with Crippen LogP contribution in [0.15, 0.2) is 34.7 Å². The van der Waals surface area contributed by atoms with Gasteiger partial charge in [0.15, 0.2) is 0 Å². The van der Waals surface area contributed by atoms with Crippen LogP contribution in [0.4, 0.5) is 11.4 Å². The zero-order valence-corrected chi connectivity index (χ0v) is 11.9. The van der Waals surface area contributed by atoms with Crippen LogP contribution in [0.1, 0.15) is 34.8 Å². The molecule has 1 unspecified atom stereocenters. The molecule has 0 saturated carbocycles. The summed E-state index contributed by atoms with van der Waals surface area (Å²) in [7, 11) is 1.60. The summed E-state index contributed by atoms with van der Waals surface area (Å²) in [5, 5.41) is 5.85.